The van der Waals surface area contributed by atoms with Crippen LogP contribution < -0.4 is 21.3 Å². The van der Waals surface area contributed by atoms with Crippen molar-refractivity contribution in [2.75, 3.05) is 19.6 Å². The number of fused-ring (bicyclic) bond motifs is 1. The Morgan fingerprint density at radius 1 is 1.02 bits per heavy atom. The Morgan fingerprint density at radius 3 is 2.55 bits per heavy atom. The number of benzene rings is 3. The summed E-state index contributed by atoms with van der Waals surface area (Å²) in [4.78, 5) is 32.5. The number of nitrogens with one attached hydrogen (secondary N) is 3. The van der Waals surface area contributed by atoms with Crippen molar-refractivity contribution < 1.29 is 18.0 Å². The number of rotatable bonds is 13. The van der Waals surface area contributed by atoms with Gasteiger partial charge in [-0.25, -0.2) is 14.3 Å². The van der Waals surface area contributed by atoms with Gasteiger partial charge in [0.2, 0.25) is 21.8 Å². The molecule has 40 heavy (non-hydrogen) atoms. The molecule has 10 nitrogen and oxygen atoms in total. The van der Waals surface area contributed by atoms with E-state index in [1.54, 1.807) is 18.2 Å². The van der Waals surface area contributed by atoms with Gasteiger partial charge in [0.15, 0.2) is 0 Å². The number of nitrogens with two attached hydrogens (primary N) is 1. The fourth-order valence-electron chi connectivity index (χ4n) is 4.90. The largest absolute Gasteiger partial charge is 0.354 e. The highest BCUT2D eigenvalue weighted by Gasteiger charge is 2.38. The molecule has 0 spiro atoms. The summed E-state index contributed by atoms with van der Waals surface area (Å²) in [5, 5.41) is 4.62. The summed E-state index contributed by atoms with van der Waals surface area (Å²) in [7, 11) is -4.03. The molecule has 3 aromatic carbocycles. The molecule has 0 saturated carbocycles. The number of unbranched alkanes of at least 4 members (excludes halogenated alkanes) is 1. The van der Waals surface area contributed by atoms with Crippen LogP contribution in [0, 0.1) is 0 Å². The van der Waals surface area contributed by atoms with Crippen LogP contribution in [0.4, 0.5) is 0 Å². The lowest BCUT2D eigenvalue weighted by atomic mass is 10.1. The molecule has 5 N–H and O–H groups in total. The second kappa shape index (κ2) is 14.0. The van der Waals surface area contributed by atoms with E-state index < -0.39 is 28.0 Å². The molecule has 1 fully saturated rings. The number of hydrogen-bond donors (Lipinski definition) is 4. The summed E-state index contributed by atoms with van der Waals surface area (Å²) in [5.74, 6) is 4.50. The lowest BCUT2D eigenvalue weighted by Gasteiger charge is -2.29. The number of carbonyl (C=O) groups excluding carboxylic acids is 2. The summed E-state index contributed by atoms with van der Waals surface area (Å²) >= 11 is 0. The van der Waals surface area contributed by atoms with Crippen molar-refractivity contribution in [2.24, 2.45) is 10.8 Å². The first kappa shape index (κ1) is 29.2. The standard InChI is InChI=1S/C29H36N6O4S/c30-33-21-31-16-6-7-17-32-28(36)27-13-8-18-35(27)29(37)26(19-22-9-2-1-3-10-22)34-40(38,39)25-15-14-23-11-4-5-12-24(23)20-25/h1-5,9-12,14-15,20-21,26-27,34H,6-8,13,16-19,30H2,(H,31,33)(H,32,36)/t26-,27-/m0/s1. The van der Waals surface area contributed by atoms with Gasteiger partial charge in [-0.15, -0.1) is 0 Å². The van der Waals surface area contributed by atoms with Crippen LogP contribution in [0.3, 0.4) is 0 Å². The Kier molecular flexibility index (Phi) is 10.2. The van der Waals surface area contributed by atoms with Crippen molar-refractivity contribution in [3.05, 3.63) is 78.4 Å². The Hall–Kier alpha value is -3.80. The van der Waals surface area contributed by atoms with Crippen LogP contribution in [0.25, 0.3) is 10.8 Å². The molecule has 0 aliphatic carbocycles. The minimum absolute atomic E-state index is 0.0827. The van der Waals surface area contributed by atoms with Crippen molar-refractivity contribution in [2.45, 2.75) is 49.1 Å². The number of likely N-dealkylation sites (tertiary alicyclic amines) is 1. The number of hydrazine groups is 1. The van der Waals surface area contributed by atoms with E-state index in [-0.39, 0.29) is 17.2 Å². The van der Waals surface area contributed by atoms with E-state index >= 15 is 0 Å². The molecule has 2 atom stereocenters. The molecule has 2 amide bonds. The number of aliphatic imine (C=N–C) groups is 1. The van der Waals surface area contributed by atoms with E-state index in [1.807, 2.05) is 54.6 Å². The van der Waals surface area contributed by atoms with Crippen molar-refractivity contribution in [1.29, 1.82) is 0 Å². The first-order valence-electron chi connectivity index (χ1n) is 13.5. The Labute approximate surface area is 235 Å². The summed E-state index contributed by atoms with van der Waals surface area (Å²) in [6, 6.07) is 19.9. The summed E-state index contributed by atoms with van der Waals surface area (Å²) in [6.07, 6.45) is 4.29. The second-order valence-corrected chi connectivity index (χ2v) is 11.5. The van der Waals surface area contributed by atoms with Crippen molar-refractivity contribution in [3.8, 4) is 0 Å². The van der Waals surface area contributed by atoms with Crippen LogP contribution in [0.2, 0.25) is 0 Å². The molecule has 0 radical (unpaired) electrons. The Bertz CT molecular complexity index is 1430. The molecule has 1 saturated heterocycles. The van der Waals surface area contributed by atoms with Gasteiger partial charge in [-0.1, -0.05) is 60.7 Å². The molecule has 11 heteroatoms. The molecule has 3 aromatic rings. The fourth-order valence-corrected chi connectivity index (χ4v) is 6.12. The van der Waals surface area contributed by atoms with Gasteiger partial charge in [0.1, 0.15) is 12.1 Å². The van der Waals surface area contributed by atoms with Crippen molar-refractivity contribution in [3.63, 3.8) is 0 Å². The highest BCUT2D eigenvalue weighted by molar-refractivity contribution is 7.89. The average Bonchev–Trinajstić information content (AvgIpc) is 3.46. The molecule has 1 aliphatic heterocycles. The Balaban J connectivity index is 1.48. The number of hydrogen-bond acceptors (Lipinski definition) is 6. The topological polar surface area (TPSA) is 146 Å². The van der Waals surface area contributed by atoms with Crippen LogP contribution >= 0.6 is 0 Å². The third-order valence-electron chi connectivity index (χ3n) is 6.93. The number of sulfonamides is 1. The third-order valence-corrected chi connectivity index (χ3v) is 8.40. The molecule has 212 valence electrons. The summed E-state index contributed by atoms with van der Waals surface area (Å²) < 4.78 is 29.7. The van der Waals surface area contributed by atoms with E-state index in [1.165, 1.54) is 11.2 Å². The number of amides is 2. The zero-order valence-electron chi connectivity index (χ0n) is 22.3. The molecule has 0 unspecified atom stereocenters. The molecule has 1 heterocycles. The number of carbonyl (C=O) groups is 2. The number of nitrogens with zero attached hydrogens (tertiary/aromatic N) is 2. The van der Waals surface area contributed by atoms with Crippen LogP contribution in [0.15, 0.2) is 82.7 Å². The maximum Gasteiger partial charge on any atom is 0.242 e. The van der Waals surface area contributed by atoms with Crippen molar-refractivity contribution in [1.82, 2.24) is 20.4 Å². The van der Waals surface area contributed by atoms with Crippen LogP contribution in [-0.2, 0) is 26.0 Å². The summed E-state index contributed by atoms with van der Waals surface area (Å²) in [6.45, 7) is 1.44. The zero-order chi connectivity index (χ0) is 28.4. The molecule has 0 bridgehead atoms. The van der Waals surface area contributed by atoms with Gasteiger partial charge in [-0.3, -0.25) is 14.6 Å². The van der Waals surface area contributed by atoms with E-state index in [4.69, 9.17) is 5.84 Å². The zero-order valence-corrected chi connectivity index (χ0v) is 23.1. The molecule has 0 aromatic heterocycles. The highest BCUT2D eigenvalue weighted by atomic mass is 32.2. The van der Waals surface area contributed by atoms with Gasteiger partial charge in [-0.05, 0) is 60.6 Å². The SMILES string of the molecule is NNC=NCCCCNC(=O)[C@@H]1CCCN1C(=O)[C@H](Cc1ccccc1)NS(=O)(=O)c1ccc2ccccc2c1. The van der Waals surface area contributed by atoms with Gasteiger partial charge >= 0.3 is 0 Å². The third kappa shape index (κ3) is 7.65. The van der Waals surface area contributed by atoms with Gasteiger partial charge in [0, 0.05) is 19.6 Å². The highest BCUT2D eigenvalue weighted by Crippen LogP contribution is 2.22. The van der Waals surface area contributed by atoms with E-state index in [2.05, 4.69) is 20.5 Å². The quantitative estimate of drug-likeness (QED) is 0.0823. The molecular weight excluding hydrogens is 528 g/mol. The predicted molar refractivity (Wildman–Crippen MR) is 156 cm³/mol. The minimum Gasteiger partial charge on any atom is -0.354 e. The first-order valence-corrected chi connectivity index (χ1v) is 14.9. The predicted octanol–water partition coefficient (Wildman–Crippen LogP) is 2.11. The minimum atomic E-state index is -4.03. The first-order chi connectivity index (χ1) is 19.4. The fraction of sp³-hybridized carbons (Fsp3) is 0.345. The molecular formula is C29H36N6O4S. The van der Waals surface area contributed by atoms with Gasteiger partial charge in [-0.2, -0.15) is 4.72 Å². The normalized spacial score (nSPS) is 16.3. The lowest BCUT2D eigenvalue weighted by molar-refractivity contribution is -0.139. The van der Waals surface area contributed by atoms with Gasteiger partial charge < -0.3 is 15.6 Å². The van der Waals surface area contributed by atoms with Crippen LogP contribution in [0.5, 0.6) is 0 Å². The van der Waals surface area contributed by atoms with E-state index in [0.717, 1.165) is 29.2 Å². The smallest absolute Gasteiger partial charge is 0.242 e. The van der Waals surface area contributed by atoms with Crippen molar-refractivity contribution >= 4 is 38.9 Å². The molecule has 4 rings (SSSR count). The van der Waals surface area contributed by atoms with Crippen LogP contribution in [0.1, 0.15) is 31.2 Å². The lowest BCUT2D eigenvalue weighted by Crippen LogP contribution is -2.54. The van der Waals surface area contributed by atoms with Crippen LogP contribution in [-0.4, -0.2) is 63.2 Å². The van der Waals surface area contributed by atoms with E-state index in [9.17, 15) is 18.0 Å². The second-order valence-electron chi connectivity index (χ2n) is 9.76. The Morgan fingerprint density at radius 2 is 1.77 bits per heavy atom. The van der Waals surface area contributed by atoms with Gasteiger partial charge in [0.25, 0.3) is 0 Å². The maximum absolute atomic E-state index is 13.8. The average molecular weight is 565 g/mol. The van der Waals surface area contributed by atoms with Gasteiger partial charge in [0.05, 0.1) is 11.2 Å². The summed E-state index contributed by atoms with van der Waals surface area (Å²) in [5.41, 5.74) is 3.16. The van der Waals surface area contributed by atoms with E-state index in [0.29, 0.717) is 32.5 Å². The monoisotopic (exact) mass is 564 g/mol. The molecule has 1 aliphatic rings. The maximum atomic E-state index is 13.8.